The fourth-order valence-electron chi connectivity index (χ4n) is 2.96. The molecular formula is C23H21BrFNO5. The second-order valence-corrected chi connectivity index (χ2v) is 7.42. The molecule has 0 saturated carbocycles. The fourth-order valence-corrected chi connectivity index (χ4v) is 3.56. The van der Waals surface area contributed by atoms with Crippen molar-refractivity contribution >= 4 is 27.6 Å². The molecule has 0 aliphatic carbocycles. The highest BCUT2D eigenvalue weighted by atomic mass is 79.9. The summed E-state index contributed by atoms with van der Waals surface area (Å²) in [7, 11) is 3.04. The molecule has 0 amide bonds. The van der Waals surface area contributed by atoms with E-state index in [0.29, 0.717) is 39.5 Å². The Hall–Kier alpha value is -3.26. The van der Waals surface area contributed by atoms with Crippen LogP contribution in [0.1, 0.15) is 21.5 Å². The molecule has 0 heterocycles. The van der Waals surface area contributed by atoms with Crippen molar-refractivity contribution in [3.63, 3.8) is 0 Å². The summed E-state index contributed by atoms with van der Waals surface area (Å²) in [4.78, 5) is 11.2. The summed E-state index contributed by atoms with van der Waals surface area (Å²) in [5.74, 6) is 0.108. The third kappa shape index (κ3) is 5.46. The molecule has 0 fully saturated rings. The SMILES string of the molecule is COc1ccc(C(=O)O)cc1NCc1cc(Br)c(OCc2ccccc2F)c(OC)c1. The van der Waals surface area contributed by atoms with E-state index in [9.17, 15) is 14.3 Å². The van der Waals surface area contributed by atoms with Crippen molar-refractivity contribution in [1.29, 1.82) is 0 Å². The first kappa shape index (κ1) is 22.4. The van der Waals surface area contributed by atoms with Crippen LogP contribution in [0.5, 0.6) is 17.2 Å². The second kappa shape index (κ2) is 10.2. The molecular weight excluding hydrogens is 469 g/mol. The fraction of sp³-hybridized carbons (Fsp3) is 0.174. The lowest BCUT2D eigenvalue weighted by molar-refractivity contribution is 0.0697. The number of methoxy groups -OCH3 is 2. The summed E-state index contributed by atoms with van der Waals surface area (Å²) < 4.78 is 31.1. The van der Waals surface area contributed by atoms with E-state index in [1.807, 2.05) is 6.07 Å². The van der Waals surface area contributed by atoms with Crippen molar-refractivity contribution < 1.29 is 28.5 Å². The van der Waals surface area contributed by atoms with Gasteiger partial charge in [-0.05, 0) is 57.9 Å². The van der Waals surface area contributed by atoms with Crippen molar-refractivity contribution in [2.45, 2.75) is 13.2 Å². The molecule has 2 N–H and O–H groups in total. The number of nitrogens with one attached hydrogen (secondary N) is 1. The van der Waals surface area contributed by atoms with E-state index in [4.69, 9.17) is 14.2 Å². The van der Waals surface area contributed by atoms with E-state index in [-0.39, 0.29) is 18.0 Å². The Morgan fingerprint density at radius 1 is 1.06 bits per heavy atom. The first-order chi connectivity index (χ1) is 14.9. The van der Waals surface area contributed by atoms with Crippen LogP contribution in [-0.4, -0.2) is 25.3 Å². The Morgan fingerprint density at radius 3 is 2.48 bits per heavy atom. The maximum atomic E-state index is 13.9. The van der Waals surface area contributed by atoms with Gasteiger partial charge in [-0.25, -0.2) is 9.18 Å². The summed E-state index contributed by atoms with van der Waals surface area (Å²) in [6.45, 7) is 0.431. The Balaban J connectivity index is 1.78. The zero-order valence-corrected chi connectivity index (χ0v) is 18.5. The number of hydrogen-bond donors (Lipinski definition) is 2. The number of ether oxygens (including phenoxy) is 3. The molecule has 162 valence electrons. The highest BCUT2D eigenvalue weighted by Crippen LogP contribution is 2.38. The van der Waals surface area contributed by atoms with Gasteiger partial charge < -0.3 is 24.6 Å². The van der Waals surface area contributed by atoms with Gasteiger partial charge in [-0.2, -0.15) is 0 Å². The quantitative estimate of drug-likeness (QED) is 0.413. The van der Waals surface area contributed by atoms with Crippen LogP contribution in [0.2, 0.25) is 0 Å². The van der Waals surface area contributed by atoms with Crippen LogP contribution in [0.4, 0.5) is 10.1 Å². The van der Waals surface area contributed by atoms with Crippen molar-refractivity contribution in [3.05, 3.63) is 81.6 Å². The van der Waals surface area contributed by atoms with Crippen molar-refractivity contribution in [2.75, 3.05) is 19.5 Å². The van der Waals surface area contributed by atoms with Crippen LogP contribution < -0.4 is 19.5 Å². The van der Waals surface area contributed by atoms with Gasteiger partial charge in [0.05, 0.1) is 29.9 Å². The molecule has 0 aliphatic rings. The van der Waals surface area contributed by atoms with Crippen molar-refractivity contribution in [1.82, 2.24) is 0 Å². The molecule has 0 saturated heterocycles. The van der Waals surface area contributed by atoms with Crippen LogP contribution in [0.15, 0.2) is 59.1 Å². The maximum Gasteiger partial charge on any atom is 0.335 e. The summed E-state index contributed by atoms with van der Waals surface area (Å²) in [6, 6.07) is 14.6. The lowest BCUT2D eigenvalue weighted by atomic mass is 10.1. The molecule has 0 spiro atoms. The van der Waals surface area contributed by atoms with Crippen LogP contribution in [0.25, 0.3) is 0 Å². The van der Waals surface area contributed by atoms with E-state index < -0.39 is 5.97 Å². The monoisotopic (exact) mass is 489 g/mol. The number of anilines is 1. The molecule has 0 bridgehead atoms. The van der Waals surface area contributed by atoms with Gasteiger partial charge >= 0.3 is 5.97 Å². The van der Waals surface area contributed by atoms with Crippen LogP contribution in [0, 0.1) is 5.82 Å². The summed E-state index contributed by atoms with van der Waals surface area (Å²) in [6.07, 6.45) is 0. The van der Waals surface area contributed by atoms with Crippen LogP contribution in [0.3, 0.4) is 0 Å². The maximum absolute atomic E-state index is 13.9. The molecule has 0 unspecified atom stereocenters. The Bertz CT molecular complexity index is 1090. The summed E-state index contributed by atoms with van der Waals surface area (Å²) >= 11 is 3.49. The van der Waals surface area contributed by atoms with Crippen molar-refractivity contribution in [3.8, 4) is 17.2 Å². The zero-order valence-electron chi connectivity index (χ0n) is 16.9. The normalized spacial score (nSPS) is 10.5. The molecule has 31 heavy (non-hydrogen) atoms. The Labute approximate surface area is 187 Å². The average molecular weight is 490 g/mol. The van der Waals surface area contributed by atoms with Gasteiger partial charge in [0.15, 0.2) is 11.5 Å². The third-order valence-electron chi connectivity index (χ3n) is 4.55. The van der Waals surface area contributed by atoms with Gasteiger partial charge in [0.1, 0.15) is 18.2 Å². The highest BCUT2D eigenvalue weighted by molar-refractivity contribution is 9.10. The van der Waals surface area contributed by atoms with Gasteiger partial charge in [0.25, 0.3) is 0 Å². The Morgan fingerprint density at radius 2 is 1.81 bits per heavy atom. The standard InChI is InChI=1S/C23H21BrFNO5/c1-29-20-8-7-15(23(27)28)11-19(20)26-12-14-9-17(24)22(21(10-14)30-2)31-13-16-5-3-4-6-18(16)25/h3-11,26H,12-13H2,1-2H3,(H,27,28). The average Bonchev–Trinajstić information content (AvgIpc) is 2.77. The van der Waals surface area contributed by atoms with Crippen LogP contribution >= 0.6 is 15.9 Å². The molecule has 6 nitrogen and oxygen atoms in total. The number of benzene rings is 3. The van der Waals surface area contributed by atoms with E-state index in [1.165, 1.54) is 32.4 Å². The van der Waals surface area contributed by atoms with Crippen LogP contribution in [-0.2, 0) is 13.2 Å². The topological polar surface area (TPSA) is 77.0 Å². The first-order valence-corrected chi connectivity index (χ1v) is 10.1. The second-order valence-electron chi connectivity index (χ2n) is 6.56. The number of carbonyl (C=O) groups is 1. The number of carboxylic acids is 1. The largest absolute Gasteiger partial charge is 0.495 e. The minimum Gasteiger partial charge on any atom is -0.495 e. The van der Waals surface area contributed by atoms with Gasteiger partial charge in [-0.15, -0.1) is 0 Å². The minimum absolute atomic E-state index is 0.0540. The van der Waals surface area contributed by atoms with E-state index in [2.05, 4.69) is 21.2 Å². The highest BCUT2D eigenvalue weighted by Gasteiger charge is 2.14. The number of halogens is 2. The molecule has 0 radical (unpaired) electrons. The number of carboxylic acid groups (broad SMARTS) is 1. The predicted molar refractivity (Wildman–Crippen MR) is 119 cm³/mol. The molecule has 0 aromatic heterocycles. The molecule has 3 aromatic carbocycles. The zero-order chi connectivity index (χ0) is 22.4. The Kier molecular flexibility index (Phi) is 7.36. The first-order valence-electron chi connectivity index (χ1n) is 9.30. The van der Waals surface area contributed by atoms with Gasteiger partial charge in [-0.1, -0.05) is 18.2 Å². The molecule has 8 heteroatoms. The minimum atomic E-state index is -1.02. The van der Waals surface area contributed by atoms with E-state index >= 15 is 0 Å². The number of rotatable bonds is 9. The van der Waals surface area contributed by atoms with Gasteiger partial charge in [-0.3, -0.25) is 0 Å². The molecule has 3 rings (SSSR count). The number of hydrogen-bond acceptors (Lipinski definition) is 5. The van der Waals surface area contributed by atoms with Gasteiger partial charge in [0, 0.05) is 12.1 Å². The smallest absolute Gasteiger partial charge is 0.335 e. The molecule has 3 aromatic rings. The molecule has 0 aliphatic heterocycles. The number of aromatic carboxylic acids is 1. The van der Waals surface area contributed by atoms with Crippen molar-refractivity contribution in [2.24, 2.45) is 0 Å². The van der Waals surface area contributed by atoms with E-state index in [0.717, 1.165) is 5.56 Å². The lowest BCUT2D eigenvalue weighted by Gasteiger charge is -2.16. The summed E-state index contributed by atoms with van der Waals surface area (Å²) in [5.41, 5.74) is 1.99. The predicted octanol–water partition coefficient (Wildman–Crippen LogP) is 5.49. The van der Waals surface area contributed by atoms with E-state index in [1.54, 1.807) is 30.3 Å². The molecule has 0 atom stereocenters. The third-order valence-corrected chi connectivity index (χ3v) is 5.14. The summed E-state index contributed by atoms with van der Waals surface area (Å²) in [5, 5.41) is 12.4. The lowest BCUT2D eigenvalue weighted by Crippen LogP contribution is -2.05. The van der Waals surface area contributed by atoms with Gasteiger partial charge in [0.2, 0.25) is 0 Å².